The summed E-state index contributed by atoms with van der Waals surface area (Å²) in [7, 11) is -6.97. The third-order valence-corrected chi connectivity index (χ3v) is 7.89. The van der Waals surface area contributed by atoms with Gasteiger partial charge in [0.15, 0.2) is 0 Å². The van der Waals surface area contributed by atoms with Gasteiger partial charge in [-0.2, -0.15) is 8.42 Å². The van der Waals surface area contributed by atoms with E-state index in [0.29, 0.717) is 11.3 Å². The zero-order valence-corrected chi connectivity index (χ0v) is 14.9. The molecule has 0 aliphatic rings. The molecule has 0 spiro atoms. The van der Waals surface area contributed by atoms with Crippen LogP contribution in [-0.4, -0.2) is 18.4 Å². The maximum absolute atomic E-state index is 13.3. The van der Waals surface area contributed by atoms with Crippen LogP contribution in [-0.2, 0) is 19.8 Å². The lowest BCUT2D eigenvalue weighted by Gasteiger charge is -2.10. The quantitative estimate of drug-likeness (QED) is 0.790. The second kappa shape index (κ2) is 7.27. The number of aryl methyl sites for hydroxylation is 1. The molecule has 6 heteroatoms. The molecule has 0 amide bonds. The molecule has 2 rings (SSSR count). The molecule has 0 saturated carbocycles. The first-order valence-corrected chi connectivity index (χ1v) is 10.6. The van der Waals surface area contributed by atoms with Gasteiger partial charge in [0.2, 0.25) is 0 Å². The summed E-state index contributed by atoms with van der Waals surface area (Å²) in [6.07, 6.45) is 1.48. The normalized spacial score (nSPS) is 14.2. The standard InChI is InChI=1S/C17H21NO3S2/c1-3-4-14-22(19,16-8-6-5-7-9-16)18-23(20,21)17-12-10-15(2)11-13-17/h5-13H,3-4,14H2,1-2H3. The van der Waals surface area contributed by atoms with Crippen LogP contribution >= 0.6 is 0 Å². The van der Waals surface area contributed by atoms with E-state index in [4.69, 9.17) is 0 Å². The molecule has 0 saturated heterocycles. The van der Waals surface area contributed by atoms with E-state index in [1.165, 1.54) is 12.1 Å². The number of rotatable bonds is 6. The maximum atomic E-state index is 13.3. The van der Waals surface area contributed by atoms with Gasteiger partial charge in [-0.15, -0.1) is 3.77 Å². The minimum absolute atomic E-state index is 0.0725. The molecule has 0 aliphatic carbocycles. The molecule has 1 atom stereocenters. The predicted octanol–water partition coefficient (Wildman–Crippen LogP) is 4.01. The minimum atomic E-state index is -3.96. The van der Waals surface area contributed by atoms with E-state index in [9.17, 15) is 12.6 Å². The van der Waals surface area contributed by atoms with Crippen molar-refractivity contribution in [2.75, 3.05) is 5.75 Å². The predicted molar refractivity (Wildman–Crippen MR) is 93.4 cm³/mol. The fourth-order valence-electron chi connectivity index (χ4n) is 2.08. The Morgan fingerprint density at radius 2 is 1.48 bits per heavy atom. The summed E-state index contributed by atoms with van der Waals surface area (Å²) in [6, 6.07) is 15.1. The Kier molecular flexibility index (Phi) is 5.59. The number of sulfonamides is 1. The summed E-state index contributed by atoms with van der Waals surface area (Å²) in [4.78, 5) is 0.535. The van der Waals surface area contributed by atoms with Gasteiger partial charge in [0.25, 0.3) is 10.0 Å². The second-order valence-corrected chi connectivity index (χ2v) is 9.55. The molecule has 0 aromatic heterocycles. The molecule has 2 aromatic carbocycles. The van der Waals surface area contributed by atoms with Crippen LogP contribution in [0.2, 0.25) is 0 Å². The fourth-order valence-corrected chi connectivity index (χ4v) is 6.32. The number of hydrogen-bond acceptors (Lipinski definition) is 3. The van der Waals surface area contributed by atoms with E-state index in [2.05, 4.69) is 3.77 Å². The van der Waals surface area contributed by atoms with Crippen molar-refractivity contribution in [2.45, 2.75) is 36.5 Å². The highest BCUT2D eigenvalue weighted by molar-refractivity contribution is 8.03. The summed E-state index contributed by atoms with van der Waals surface area (Å²) in [5.41, 5.74) is 0.957. The third kappa shape index (κ3) is 4.42. The van der Waals surface area contributed by atoms with Crippen LogP contribution in [0.25, 0.3) is 0 Å². The van der Waals surface area contributed by atoms with E-state index in [0.717, 1.165) is 12.0 Å². The van der Waals surface area contributed by atoms with Crippen LogP contribution in [0.1, 0.15) is 25.3 Å². The van der Waals surface area contributed by atoms with Gasteiger partial charge in [-0.25, -0.2) is 4.21 Å². The van der Waals surface area contributed by atoms with Crippen LogP contribution in [0.5, 0.6) is 0 Å². The van der Waals surface area contributed by atoms with E-state index >= 15 is 0 Å². The first kappa shape index (κ1) is 17.7. The van der Waals surface area contributed by atoms with Gasteiger partial charge >= 0.3 is 0 Å². The zero-order chi connectivity index (χ0) is 16.9. The highest BCUT2D eigenvalue weighted by Gasteiger charge is 2.20. The summed E-state index contributed by atoms with van der Waals surface area (Å²) in [5.74, 6) is 0.235. The third-order valence-electron chi connectivity index (χ3n) is 3.42. The van der Waals surface area contributed by atoms with Crippen molar-refractivity contribution >= 4 is 19.8 Å². The van der Waals surface area contributed by atoms with Crippen molar-refractivity contribution in [2.24, 2.45) is 3.77 Å². The van der Waals surface area contributed by atoms with Gasteiger partial charge < -0.3 is 0 Å². The topological polar surface area (TPSA) is 63.6 Å². The smallest absolute Gasteiger partial charge is 0.244 e. The highest BCUT2D eigenvalue weighted by Crippen LogP contribution is 2.21. The summed E-state index contributed by atoms with van der Waals surface area (Å²) >= 11 is 0. The van der Waals surface area contributed by atoms with Gasteiger partial charge in [0, 0.05) is 10.6 Å². The molecule has 124 valence electrons. The van der Waals surface area contributed by atoms with Crippen molar-refractivity contribution < 1.29 is 12.6 Å². The number of hydrogen-bond donors (Lipinski definition) is 0. The van der Waals surface area contributed by atoms with E-state index in [1.807, 2.05) is 13.8 Å². The fraction of sp³-hybridized carbons (Fsp3) is 0.294. The molecule has 4 nitrogen and oxygen atoms in total. The molecule has 0 heterocycles. The Labute approximate surface area is 138 Å². The number of unbranched alkanes of at least 4 members (excludes halogenated alkanes) is 1. The summed E-state index contributed by atoms with van der Waals surface area (Å²) < 4.78 is 42.2. The molecular formula is C17H21NO3S2. The van der Waals surface area contributed by atoms with Gasteiger partial charge in [-0.3, -0.25) is 0 Å². The lowest BCUT2D eigenvalue weighted by atomic mass is 10.2. The molecule has 0 fully saturated rings. The molecule has 23 heavy (non-hydrogen) atoms. The van der Waals surface area contributed by atoms with Crippen LogP contribution in [0, 0.1) is 6.92 Å². The van der Waals surface area contributed by atoms with Crippen molar-refractivity contribution in [1.29, 1.82) is 0 Å². The lowest BCUT2D eigenvalue weighted by Crippen LogP contribution is -2.10. The maximum Gasteiger partial charge on any atom is 0.290 e. The first-order valence-electron chi connectivity index (χ1n) is 7.50. The Balaban J connectivity index is 2.56. The highest BCUT2D eigenvalue weighted by atomic mass is 32.3. The van der Waals surface area contributed by atoms with E-state index < -0.39 is 19.8 Å². The Morgan fingerprint density at radius 1 is 0.870 bits per heavy atom. The van der Waals surface area contributed by atoms with Crippen LogP contribution in [0.4, 0.5) is 0 Å². The Bertz CT molecular complexity index is 864. The molecule has 0 bridgehead atoms. The van der Waals surface area contributed by atoms with Gasteiger partial charge in [-0.05, 0) is 37.6 Å². The second-order valence-electron chi connectivity index (χ2n) is 5.37. The first-order chi connectivity index (χ1) is 10.9. The van der Waals surface area contributed by atoms with Crippen LogP contribution in [0.15, 0.2) is 68.2 Å². The minimum Gasteiger partial charge on any atom is -0.244 e. The molecule has 0 aliphatic heterocycles. The molecule has 2 aromatic rings. The van der Waals surface area contributed by atoms with Gasteiger partial charge in [0.05, 0.1) is 14.6 Å². The average Bonchev–Trinajstić information content (AvgIpc) is 2.54. The van der Waals surface area contributed by atoms with Crippen molar-refractivity contribution in [3.63, 3.8) is 0 Å². The molecule has 1 unspecified atom stereocenters. The Hall–Kier alpha value is -1.66. The SMILES string of the molecule is CCCCS(=O)(=NS(=O)(=O)c1ccc(C)cc1)c1ccccc1. The van der Waals surface area contributed by atoms with Crippen molar-refractivity contribution in [3.8, 4) is 0 Å². The summed E-state index contributed by atoms with van der Waals surface area (Å²) in [5, 5.41) is 0. The molecule has 0 N–H and O–H groups in total. The number of benzene rings is 2. The molecule has 0 radical (unpaired) electrons. The van der Waals surface area contributed by atoms with Gasteiger partial charge in [-0.1, -0.05) is 49.2 Å². The monoisotopic (exact) mass is 351 g/mol. The zero-order valence-electron chi connectivity index (χ0n) is 13.3. The molecular weight excluding hydrogens is 330 g/mol. The summed E-state index contributed by atoms with van der Waals surface area (Å²) in [6.45, 7) is 3.85. The van der Waals surface area contributed by atoms with E-state index in [1.54, 1.807) is 42.5 Å². The Morgan fingerprint density at radius 3 is 2.04 bits per heavy atom. The van der Waals surface area contributed by atoms with Crippen molar-refractivity contribution in [1.82, 2.24) is 0 Å². The largest absolute Gasteiger partial charge is 0.290 e. The van der Waals surface area contributed by atoms with Crippen LogP contribution in [0.3, 0.4) is 0 Å². The van der Waals surface area contributed by atoms with Crippen molar-refractivity contribution in [3.05, 3.63) is 60.2 Å². The van der Waals surface area contributed by atoms with Gasteiger partial charge in [0.1, 0.15) is 0 Å². The number of nitrogens with zero attached hydrogens (tertiary/aromatic N) is 1. The average molecular weight is 351 g/mol. The van der Waals surface area contributed by atoms with Crippen LogP contribution < -0.4 is 0 Å². The van der Waals surface area contributed by atoms with E-state index in [-0.39, 0.29) is 10.6 Å². The lowest BCUT2D eigenvalue weighted by molar-refractivity contribution is 0.598.